The number of unbranched alkanes of at least 4 members (excludes halogenated alkanes) is 1. The van der Waals surface area contributed by atoms with Gasteiger partial charge in [-0.2, -0.15) is 12.6 Å². The number of aliphatic hydroxyl groups is 1. The minimum absolute atomic E-state index is 0.0826. The van der Waals surface area contributed by atoms with Crippen LogP contribution in [0.1, 0.15) is 26.2 Å². The van der Waals surface area contributed by atoms with Gasteiger partial charge in [0, 0.05) is 0 Å². The molecule has 0 spiro atoms. The first-order valence-corrected chi connectivity index (χ1v) is 5.74. The zero-order valence-electron chi connectivity index (χ0n) is 9.35. The first-order chi connectivity index (χ1) is 7.61. The van der Waals surface area contributed by atoms with Crippen molar-refractivity contribution in [2.75, 3.05) is 19.8 Å². The summed E-state index contributed by atoms with van der Waals surface area (Å²) in [6.07, 6.45) is 1.63. The fourth-order valence-corrected chi connectivity index (χ4v) is 1.10. The summed E-state index contributed by atoms with van der Waals surface area (Å²) in [5.74, 6) is -1.08. The Kier molecular flexibility index (Phi) is 9.03. The standard InChI is InChI=1S/C10H18O5S/c1-2-3-5-14-9(12)7-8(16)10(13)15-6-4-11/h8,11,16H,2-7H2,1H3. The molecule has 0 fully saturated rings. The van der Waals surface area contributed by atoms with Crippen LogP contribution in [0.15, 0.2) is 0 Å². The minimum Gasteiger partial charge on any atom is -0.466 e. The number of ether oxygens (including phenoxy) is 2. The van der Waals surface area contributed by atoms with Crippen LogP contribution in [-0.4, -0.2) is 42.1 Å². The Bertz CT molecular complexity index is 219. The van der Waals surface area contributed by atoms with E-state index in [4.69, 9.17) is 9.84 Å². The van der Waals surface area contributed by atoms with Gasteiger partial charge < -0.3 is 14.6 Å². The molecular weight excluding hydrogens is 232 g/mol. The average Bonchev–Trinajstić information content (AvgIpc) is 2.26. The van der Waals surface area contributed by atoms with Crippen molar-refractivity contribution in [3.05, 3.63) is 0 Å². The molecule has 0 radical (unpaired) electrons. The predicted molar refractivity (Wildman–Crippen MR) is 61.3 cm³/mol. The van der Waals surface area contributed by atoms with Crippen molar-refractivity contribution >= 4 is 24.6 Å². The molecule has 1 unspecified atom stereocenters. The highest BCUT2D eigenvalue weighted by Crippen LogP contribution is 2.06. The van der Waals surface area contributed by atoms with Gasteiger partial charge in [-0.15, -0.1) is 0 Å². The lowest BCUT2D eigenvalue weighted by molar-refractivity contribution is -0.150. The van der Waals surface area contributed by atoms with Crippen LogP contribution < -0.4 is 0 Å². The Balaban J connectivity index is 3.71. The molecule has 0 saturated carbocycles. The molecule has 0 aromatic carbocycles. The monoisotopic (exact) mass is 250 g/mol. The third-order valence-corrected chi connectivity index (χ3v) is 2.12. The Morgan fingerprint density at radius 3 is 2.56 bits per heavy atom. The summed E-state index contributed by atoms with van der Waals surface area (Å²) in [6.45, 7) is 2.02. The summed E-state index contributed by atoms with van der Waals surface area (Å²) in [5, 5.41) is 7.60. The van der Waals surface area contributed by atoms with Crippen LogP contribution in [0.5, 0.6) is 0 Å². The molecule has 6 heteroatoms. The summed E-state index contributed by atoms with van der Waals surface area (Å²) < 4.78 is 9.47. The molecule has 0 heterocycles. The molecule has 94 valence electrons. The van der Waals surface area contributed by atoms with Crippen molar-refractivity contribution in [1.29, 1.82) is 0 Å². The van der Waals surface area contributed by atoms with E-state index in [0.717, 1.165) is 12.8 Å². The highest BCUT2D eigenvalue weighted by molar-refractivity contribution is 7.81. The summed E-state index contributed by atoms with van der Waals surface area (Å²) in [7, 11) is 0. The number of aliphatic hydroxyl groups excluding tert-OH is 1. The molecule has 0 aromatic rings. The normalized spacial score (nSPS) is 11.9. The smallest absolute Gasteiger partial charge is 0.319 e. The van der Waals surface area contributed by atoms with Gasteiger partial charge in [0.25, 0.3) is 0 Å². The van der Waals surface area contributed by atoms with Gasteiger partial charge in [0.05, 0.1) is 19.6 Å². The first kappa shape index (κ1) is 15.2. The molecule has 1 atom stereocenters. The Labute approximate surface area is 101 Å². The highest BCUT2D eigenvalue weighted by atomic mass is 32.1. The molecule has 0 amide bonds. The van der Waals surface area contributed by atoms with Gasteiger partial charge in [-0.3, -0.25) is 9.59 Å². The van der Waals surface area contributed by atoms with Gasteiger partial charge in [-0.05, 0) is 6.42 Å². The van der Waals surface area contributed by atoms with Gasteiger partial charge in [-0.1, -0.05) is 13.3 Å². The van der Waals surface area contributed by atoms with Crippen LogP contribution in [0.2, 0.25) is 0 Å². The molecule has 0 saturated heterocycles. The lowest BCUT2D eigenvalue weighted by Crippen LogP contribution is -2.23. The second-order valence-electron chi connectivity index (χ2n) is 3.19. The van der Waals surface area contributed by atoms with E-state index in [9.17, 15) is 9.59 Å². The van der Waals surface area contributed by atoms with Gasteiger partial charge in [0.2, 0.25) is 0 Å². The number of thiol groups is 1. The van der Waals surface area contributed by atoms with Gasteiger partial charge >= 0.3 is 11.9 Å². The number of hydrogen-bond acceptors (Lipinski definition) is 6. The number of carbonyl (C=O) groups excluding carboxylic acids is 2. The third kappa shape index (κ3) is 7.53. The van der Waals surface area contributed by atoms with E-state index < -0.39 is 17.2 Å². The third-order valence-electron chi connectivity index (χ3n) is 1.73. The van der Waals surface area contributed by atoms with E-state index in [1.54, 1.807) is 0 Å². The van der Waals surface area contributed by atoms with Crippen molar-refractivity contribution in [3.63, 3.8) is 0 Å². The van der Waals surface area contributed by atoms with Gasteiger partial charge in [0.1, 0.15) is 11.9 Å². The predicted octanol–water partition coefficient (Wildman–Crippen LogP) is 0.554. The summed E-state index contributed by atoms with van der Waals surface area (Å²) in [6, 6.07) is 0. The van der Waals surface area contributed by atoms with Crippen molar-refractivity contribution in [2.45, 2.75) is 31.4 Å². The maximum absolute atomic E-state index is 11.2. The van der Waals surface area contributed by atoms with Crippen molar-refractivity contribution < 1.29 is 24.2 Å². The van der Waals surface area contributed by atoms with E-state index in [2.05, 4.69) is 17.4 Å². The lowest BCUT2D eigenvalue weighted by atomic mass is 10.3. The zero-order chi connectivity index (χ0) is 12.4. The van der Waals surface area contributed by atoms with Crippen LogP contribution in [0, 0.1) is 0 Å². The van der Waals surface area contributed by atoms with Crippen molar-refractivity contribution in [3.8, 4) is 0 Å². The maximum Gasteiger partial charge on any atom is 0.319 e. The van der Waals surface area contributed by atoms with Crippen molar-refractivity contribution in [2.24, 2.45) is 0 Å². The second kappa shape index (κ2) is 9.47. The van der Waals surface area contributed by atoms with Crippen molar-refractivity contribution in [1.82, 2.24) is 0 Å². The topological polar surface area (TPSA) is 72.8 Å². The molecular formula is C10H18O5S. The summed E-state index contributed by atoms with van der Waals surface area (Å²) in [4.78, 5) is 22.3. The lowest BCUT2D eigenvalue weighted by Gasteiger charge is -2.09. The van der Waals surface area contributed by atoms with Gasteiger partial charge in [0.15, 0.2) is 0 Å². The largest absolute Gasteiger partial charge is 0.466 e. The highest BCUT2D eigenvalue weighted by Gasteiger charge is 2.19. The van der Waals surface area contributed by atoms with E-state index in [0.29, 0.717) is 6.61 Å². The second-order valence-corrected chi connectivity index (χ2v) is 3.81. The average molecular weight is 250 g/mol. The maximum atomic E-state index is 11.2. The van der Waals surface area contributed by atoms with E-state index in [1.807, 2.05) is 6.92 Å². The van der Waals surface area contributed by atoms with E-state index in [1.165, 1.54) is 0 Å². The summed E-state index contributed by atoms with van der Waals surface area (Å²) in [5.41, 5.74) is 0. The van der Waals surface area contributed by atoms with E-state index >= 15 is 0 Å². The Morgan fingerprint density at radius 2 is 2.00 bits per heavy atom. The molecule has 0 bridgehead atoms. The fraction of sp³-hybridized carbons (Fsp3) is 0.800. The van der Waals surface area contributed by atoms with Crippen LogP contribution in [0.25, 0.3) is 0 Å². The Morgan fingerprint density at radius 1 is 1.31 bits per heavy atom. The zero-order valence-corrected chi connectivity index (χ0v) is 10.2. The molecule has 16 heavy (non-hydrogen) atoms. The van der Waals surface area contributed by atoms with Crippen LogP contribution >= 0.6 is 12.6 Å². The molecule has 0 aromatic heterocycles. The molecule has 5 nitrogen and oxygen atoms in total. The van der Waals surface area contributed by atoms with Crippen LogP contribution in [-0.2, 0) is 19.1 Å². The van der Waals surface area contributed by atoms with E-state index in [-0.39, 0.29) is 19.6 Å². The number of carbonyl (C=O) groups is 2. The Hall–Kier alpha value is -0.750. The molecule has 1 N–H and O–H groups in total. The molecule has 0 aliphatic heterocycles. The number of rotatable bonds is 8. The summed E-state index contributed by atoms with van der Waals surface area (Å²) >= 11 is 3.93. The van der Waals surface area contributed by atoms with Crippen LogP contribution in [0.3, 0.4) is 0 Å². The molecule has 0 aliphatic rings. The quantitative estimate of drug-likeness (QED) is 0.374. The molecule has 0 rings (SSSR count). The minimum atomic E-state index is -0.833. The SMILES string of the molecule is CCCCOC(=O)CC(S)C(=O)OCCO. The van der Waals surface area contributed by atoms with Gasteiger partial charge in [-0.25, -0.2) is 0 Å². The number of hydrogen-bond donors (Lipinski definition) is 2. The first-order valence-electron chi connectivity index (χ1n) is 5.23. The van der Waals surface area contributed by atoms with Crippen LogP contribution in [0.4, 0.5) is 0 Å². The number of esters is 2. The fourth-order valence-electron chi connectivity index (χ4n) is 0.873. The molecule has 0 aliphatic carbocycles.